The molecule has 0 aliphatic carbocycles. The number of benzene rings is 2. The monoisotopic (exact) mass is 435 g/mol. The van der Waals surface area contributed by atoms with Gasteiger partial charge < -0.3 is 19.1 Å². The predicted molar refractivity (Wildman–Crippen MR) is 126 cm³/mol. The van der Waals surface area contributed by atoms with Gasteiger partial charge in [-0.05, 0) is 25.1 Å². The Morgan fingerprint density at radius 1 is 0.968 bits per heavy atom. The molecule has 2 aliphatic rings. The van der Waals surface area contributed by atoms with Gasteiger partial charge in [0.25, 0.3) is 0 Å². The standard InChI is InChI=1S/C24H29N5OS/c1-27-22(19-9-4-3-5-10-19)25-26-23(27)31-14-8-13-28-15-24(16-28)17-29(18-24)20-11-6-7-12-21(20)30-2/h3-7,9-12H,8,13-18H2,1-2H3. The average molecular weight is 436 g/mol. The Labute approximate surface area is 188 Å². The number of nitrogens with zero attached hydrogens (tertiary/aromatic N) is 5. The van der Waals surface area contributed by atoms with Crippen molar-refractivity contribution in [3.05, 3.63) is 54.6 Å². The summed E-state index contributed by atoms with van der Waals surface area (Å²) >= 11 is 1.80. The molecule has 0 saturated carbocycles. The van der Waals surface area contributed by atoms with Gasteiger partial charge in [-0.2, -0.15) is 0 Å². The molecule has 3 aromatic rings. The van der Waals surface area contributed by atoms with Crippen LogP contribution >= 0.6 is 11.8 Å². The van der Waals surface area contributed by atoms with Gasteiger partial charge in [-0.3, -0.25) is 0 Å². The summed E-state index contributed by atoms with van der Waals surface area (Å²) in [5.74, 6) is 2.97. The number of hydrogen-bond donors (Lipinski definition) is 0. The van der Waals surface area contributed by atoms with Crippen LogP contribution in [0.1, 0.15) is 6.42 Å². The SMILES string of the molecule is COc1ccccc1N1CC2(CN(CCCSc3nnc(-c4ccccc4)n3C)C2)C1. The normalized spacial score (nSPS) is 17.4. The van der Waals surface area contributed by atoms with Crippen molar-refractivity contribution >= 4 is 17.4 Å². The van der Waals surface area contributed by atoms with Crippen LogP contribution in [0.5, 0.6) is 5.75 Å². The highest BCUT2D eigenvalue weighted by Gasteiger charge is 2.51. The molecule has 3 heterocycles. The summed E-state index contributed by atoms with van der Waals surface area (Å²) in [6.07, 6.45) is 1.17. The topological polar surface area (TPSA) is 46.4 Å². The third kappa shape index (κ3) is 4.04. The van der Waals surface area contributed by atoms with E-state index >= 15 is 0 Å². The van der Waals surface area contributed by atoms with Crippen LogP contribution in [0.25, 0.3) is 11.4 Å². The second kappa shape index (κ2) is 8.55. The molecule has 0 atom stereocenters. The van der Waals surface area contributed by atoms with Crippen LogP contribution in [-0.2, 0) is 7.05 Å². The lowest BCUT2D eigenvalue weighted by Crippen LogP contribution is -2.72. The Morgan fingerprint density at radius 3 is 2.48 bits per heavy atom. The van der Waals surface area contributed by atoms with E-state index in [9.17, 15) is 0 Å². The van der Waals surface area contributed by atoms with Gasteiger partial charge in [0.15, 0.2) is 11.0 Å². The molecule has 31 heavy (non-hydrogen) atoms. The Bertz CT molecular complexity index is 1020. The van der Waals surface area contributed by atoms with E-state index in [4.69, 9.17) is 4.74 Å². The Morgan fingerprint density at radius 2 is 1.71 bits per heavy atom. The maximum absolute atomic E-state index is 5.51. The lowest BCUT2D eigenvalue weighted by molar-refractivity contribution is -0.0212. The van der Waals surface area contributed by atoms with Gasteiger partial charge in [0.2, 0.25) is 0 Å². The second-order valence-corrected chi connectivity index (χ2v) is 9.73. The fourth-order valence-electron chi connectivity index (χ4n) is 4.82. The van der Waals surface area contributed by atoms with E-state index in [1.165, 1.54) is 25.2 Å². The van der Waals surface area contributed by atoms with Gasteiger partial charge >= 0.3 is 0 Å². The first-order valence-electron chi connectivity index (χ1n) is 10.9. The summed E-state index contributed by atoms with van der Waals surface area (Å²) < 4.78 is 7.61. The molecule has 2 aromatic carbocycles. The molecule has 5 rings (SSSR count). The van der Waals surface area contributed by atoms with Crippen LogP contribution in [0.2, 0.25) is 0 Å². The molecule has 2 saturated heterocycles. The van der Waals surface area contributed by atoms with Crippen molar-refractivity contribution in [3.8, 4) is 17.1 Å². The van der Waals surface area contributed by atoms with Gasteiger partial charge in [-0.25, -0.2) is 0 Å². The third-order valence-electron chi connectivity index (χ3n) is 6.31. The van der Waals surface area contributed by atoms with Crippen LogP contribution in [0.15, 0.2) is 59.8 Å². The second-order valence-electron chi connectivity index (χ2n) is 8.67. The summed E-state index contributed by atoms with van der Waals surface area (Å²) in [6.45, 7) is 5.86. The van der Waals surface area contributed by atoms with Crippen molar-refractivity contribution in [2.24, 2.45) is 12.5 Å². The molecule has 2 aliphatic heterocycles. The van der Waals surface area contributed by atoms with Crippen LogP contribution in [0, 0.1) is 5.41 Å². The van der Waals surface area contributed by atoms with Gasteiger partial charge in [0, 0.05) is 50.0 Å². The number of likely N-dealkylation sites (tertiary alicyclic amines) is 1. The fraction of sp³-hybridized carbons (Fsp3) is 0.417. The van der Waals surface area contributed by atoms with Crippen LogP contribution in [-0.4, -0.2) is 65.3 Å². The number of anilines is 1. The minimum absolute atomic E-state index is 0.488. The van der Waals surface area contributed by atoms with E-state index < -0.39 is 0 Å². The Balaban J connectivity index is 1.04. The van der Waals surface area contributed by atoms with E-state index in [0.29, 0.717) is 5.41 Å². The summed E-state index contributed by atoms with van der Waals surface area (Å²) in [7, 11) is 3.80. The van der Waals surface area contributed by atoms with Crippen molar-refractivity contribution < 1.29 is 4.74 Å². The quantitative estimate of drug-likeness (QED) is 0.396. The number of hydrogen-bond acceptors (Lipinski definition) is 6. The number of thioether (sulfide) groups is 1. The van der Waals surface area contributed by atoms with Gasteiger partial charge in [-0.1, -0.05) is 54.2 Å². The maximum atomic E-state index is 5.51. The first-order valence-corrected chi connectivity index (χ1v) is 11.8. The zero-order chi connectivity index (χ0) is 21.3. The molecule has 0 N–H and O–H groups in total. The maximum Gasteiger partial charge on any atom is 0.191 e. The molecule has 1 spiro atoms. The summed E-state index contributed by atoms with van der Waals surface area (Å²) in [4.78, 5) is 5.04. The van der Waals surface area contributed by atoms with Crippen LogP contribution in [0.3, 0.4) is 0 Å². The number of para-hydroxylation sites is 2. The van der Waals surface area contributed by atoms with Gasteiger partial charge in [0.05, 0.1) is 12.8 Å². The highest BCUT2D eigenvalue weighted by molar-refractivity contribution is 7.99. The summed E-state index contributed by atoms with van der Waals surface area (Å²) in [5.41, 5.74) is 2.82. The minimum atomic E-state index is 0.488. The molecular formula is C24H29N5OS. The van der Waals surface area contributed by atoms with E-state index in [1.54, 1.807) is 18.9 Å². The zero-order valence-corrected chi connectivity index (χ0v) is 19.0. The van der Waals surface area contributed by atoms with E-state index in [0.717, 1.165) is 47.7 Å². The minimum Gasteiger partial charge on any atom is -0.495 e. The largest absolute Gasteiger partial charge is 0.495 e. The van der Waals surface area contributed by atoms with Crippen molar-refractivity contribution in [3.63, 3.8) is 0 Å². The van der Waals surface area contributed by atoms with E-state index in [2.05, 4.69) is 48.8 Å². The van der Waals surface area contributed by atoms with Crippen LogP contribution < -0.4 is 9.64 Å². The molecule has 0 unspecified atom stereocenters. The van der Waals surface area contributed by atoms with E-state index in [1.807, 2.05) is 37.4 Å². The molecule has 162 valence electrons. The first kappa shape index (κ1) is 20.4. The number of ether oxygens (including phenoxy) is 1. The molecule has 0 bridgehead atoms. The Kier molecular flexibility index (Phi) is 5.63. The van der Waals surface area contributed by atoms with Gasteiger partial charge in [-0.15, -0.1) is 10.2 Å². The molecular weight excluding hydrogens is 406 g/mol. The van der Waals surface area contributed by atoms with Crippen molar-refractivity contribution in [2.75, 3.05) is 50.5 Å². The molecule has 1 aromatic heterocycles. The van der Waals surface area contributed by atoms with Crippen molar-refractivity contribution in [1.82, 2.24) is 19.7 Å². The first-order chi connectivity index (χ1) is 15.2. The molecule has 2 fully saturated rings. The summed E-state index contributed by atoms with van der Waals surface area (Å²) in [5, 5.41) is 9.75. The lowest BCUT2D eigenvalue weighted by Gasteiger charge is -2.61. The zero-order valence-electron chi connectivity index (χ0n) is 18.2. The average Bonchev–Trinajstić information content (AvgIpc) is 3.12. The lowest BCUT2D eigenvalue weighted by atomic mass is 9.72. The van der Waals surface area contributed by atoms with E-state index in [-0.39, 0.29) is 0 Å². The molecule has 7 heteroatoms. The van der Waals surface area contributed by atoms with Crippen molar-refractivity contribution in [1.29, 1.82) is 0 Å². The highest BCUT2D eigenvalue weighted by atomic mass is 32.2. The molecule has 0 amide bonds. The third-order valence-corrected chi connectivity index (χ3v) is 7.42. The Hall–Kier alpha value is -2.51. The number of aromatic nitrogens is 3. The fourth-order valence-corrected chi connectivity index (χ4v) is 5.65. The number of methoxy groups -OCH3 is 1. The summed E-state index contributed by atoms with van der Waals surface area (Å²) in [6, 6.07) is 18.6. The molecule has 0 radical (unpaired) electrons. The number of rotatable bonds is 8. The predicted octanol–water partition coefficient (Wildman–Crippen LogP) is 3.80. The van der Waals surface area contributed by atoms with Crippen molar-refractivity contribution in [2.45, 2.75) is 11.6 Å². The smallest absolute Gasteiger partial charge is 0.191 e. The van der Waals surface area contributed by atoms with Gasteiger partial charge in [0.1, 0.15) is 5.75 Å². The van der Waals surface area contributed by atoms with Crippen LogP contribution in [0.4, 0.5) is 5.69 Å². The molecule has 6 nitrogen and oxygen atoms in total. The highest BCUT2D eigenvalue weighted by Crippen LogP contribution is 2.44.